The first-order valence-electron chi connectivity index (χ1n) is 7.62. The number of halogens is 1. The van der Waals surface area contributed by atoms with Crippen LogP contribution in [0.25, 0.3) is 0 Å². The standard InChI is InChI=1S/C16H17ClN2O5S/c17-13-3-1-4-14(9-13)19(7-2-6-18)15(20)10-24-16(21)12-5-8-25(22,23)11-12/h1,3-4,9,12H,2,5,7-8,10-11H2. The third-order valence-electron chi connectivity index (χ3n) is 3.77. The van der Waals surface area contributed by atoms with Gasteiger partial charge < -0.3 is 9.64 Å². The lowest BCUT2D eigenvalue weighted by molar-refractivity contribution is -0.151. The largest absolute Gasteiger partial charge is 0.455 e. The van der Waals surface area contributed by atoms with E-state index in [1.54, 1.807) is 24.3 Å². The second-order valence-electron chi connectivity index (χ2n) is 5.64. The second kappa shape index (κ2) is 8.32. The number of sulfone groups is 1. The van der Waals surface area contributed by atoms with Crippen LogP contribution in [-0.2, 0) is 24.2 Å². The average molecular weight is 385 g/mol. The van der Waals surface area contributed by atoms with Crippen LogP contribution < -0.4 is 4.90 Å². The van der Waals surface area contributed by atoms with Crippen molar-refractivity contribution in [1.29, 1.82) is 5.26 Å². The quantitative estimate of drug-likeness (QED) is 0.689. The van der Waals surface area contributed by atoms with Crippen LogP contribution in [-0.4, -0.2) is 45.0 Å². The summed E-state index contributed by atoms with van der Waals surface area (Å²) in [7, 11) is -3.20. The number of benzene rings is 1. The van der Waals surface area contributed by atoms with Crippen LogP contribution >= 0.6 is 11.6 Å². The fourth-order valence-corrected chi connectivity index (χ4v) is 4.42. The summed E-state index contributed by atoms with van der Waals surface area (Å²) in [6, 6.07) is 8.50. The number of hydrogen-bond acceptors (Lipinski definition) is 6. The van der Waals surface area contributed by atoms with Crippen LogP contribution in [0.2, 0.25) is 5.02 Å². The molecule has 0 saturated carbocycles. The van der Waals surface area contributed by atoms with Crippen LogP contribution in [0.4, 0.5) is 5.69 Å². The van der Waals surface area contributed by atoms with Gasteiger partial charge in [0.15, 0.2) is 16.4 Å². The lowest BCUT2D eigenvalue weighted by Gasteiger charge is -2.22. The number of nitriles is 1. The van der Waals surface area contributed by atoms with E-state index >= 15 is 0 Å². The smallest absolute Gasteiger partial charge is 0.310 e. The van der Waals surface area contributed by atoms with Gasteiger partial charge in [-0.15, -0.1) is 0 Å². The number of hydrogen-bond donors (Lipinski definition) is 0. The maximum absolute atomic E-state index is 12.4. The van der Waals surface area contributed by atoms with Crippen LogP contribution in [0.1, 0.15) is 12.8 Å². The topological polar surface area (TPSA) is 105 Å². The monoisotopic (exact) mass is 384 g/mol. The molecule has 1 unspecified atom stereocenters. The first kappa shape index (κ1) is 19.2. The van der Waals surface area contributed by atoms with Crippen molar-refractivity contribution < 1.29 is 22.7 Å². The van der Waals surface area contributed by atoms with Gasteiger partial charge in [0.05, 0.1) is 29.9 Å². The number of nitrogens with zero attached hydrogens (tertiary/aromatic N) is 2. The molecule has 1 aromatic carbocycles. The Labute approximate surface area is 151 Å². The van der Waals surface area contributed by atoms with Crippen LogP contribution in [0, 0.1) is 17.2 Å². The van der Waals surface area contributed by atoms with Gasteiger partial charge in [-0.3, -0.25) is 9.59 Å². The minimum Gasteiger partial charge on any atom is -0.455 e. The van der Waals surface area contributed by atoms with E-state index in [0.717, 1.165) is 0 Å². The Morgan fingerprint density at radius 3 is 2.76 bits per heavy atom. The Kier molecular flexibility index (Phi) is 6.39. The van der Waals surface area contributed by atoms with E-state index in [1.807, 2.05) is 6.07 Å². The molecule has 0 radical (unpaired) electrons. The zero-order valence-corrected chi connectivity index (χ0v) is 14.9. The van der Waals surface area contributed by atoms with E-state index in [1.165, 1.54) is 4.90 Å². The van der Waals surface area contributed by atoms with E-state index in [9.17, 15) is 18.0 Å². The second-order valence-corrected chi connectivity index (χ2v) is 8.31. The molecule has 25 heavy (non-hydrogen) atoms. The number of anilines is 1. The zero-order valence-electron chi connectivity index (χ0n) is 13.4. The molecule has 2 rings (SSSR count). The van der Waals surface area contributed by atoms with Gasteiger partial charge in [0.1, 0.15) is 0 Å². The predicted octanol–water partition coefficient (Wildman–Crippen LogP) is 1.56. The molecule has 1 aliphatic heterocycles. The van der Waals surface area contributed by atoms with Crippen LogP contribution in [0.5, 0.6) is 0 Å². The Balaban J connectivity index is 2.00. The molecule has 1 saturated heterocycles. The normalized spacial score (nSPS) is 18.3. The Morgan fingerprint density at radius 1 is 1.40 bits per heavy atom. The summed E-state index contributed by atoms with van der Waals surface area (Å²) in [5.74, 6) is -2.21. The highest BCUT2D eigenvalue weighted by molar-refractivity contribution is 7.91. The summed E-state index contributed by atoms with van der Waals surface area (Å²) in [4.78, 5) is 25.6. The van der Waals surface area contributed by atoms with E-state index in [2.05, 4.69) is 0 Å². The fraction of sp³-hybridized carbons (Fsp3) is 0.438. The Hall–Kier alpha value is -2.11. The molecule has 1 atom stereocenters. The molecule has 0 aromatic heterocycles. The molecule has 0 bridgehead atoms. The molecule has 0 spiro atoms. The summed E-state index contributed by atoms with van der Waals surface area (Å²) >= 11 is 5.92. The van der Waals surface area contributed by atoms with Crippen molar-refractivity contribution >= 4 is 39.0 Å². The number of rotatable bonds is 6. The predicted molar refractivity (Wildman–Crippen MR) is 91.8 cm³/mol. The van der Waals surface area contributed by atoms with Crippen LogP contribution in [0.15, 0.2) is 24.3 Å². The van der Waals surface area contributed by atoms with Crippen molar-refractivity contribution in [1.82, 2.24) is 0 Å². The molecular formula is C16H17ClN2O5S. The third-order valence-corrected chi connectivity index (χ3v) is 5.77. The van der Waals surface area contributed by atoms with Gasteiger partial charge >= 0.3 is 5.97 Å². The molecule has 0 N–H and O–H groups in total. The molecule has 1 aromatic rings. The summed E-state index contributed by atoms with van der Waals surface area (Å²) in [5.41, 5.74) is 0.493. The molecule has 1 aliphatic rings. The van der Waals surface area contributed by atoms with Crippen molar-refractivity contribution in [2.24, 2.45) is 5.92 Å². The number of amides is 1. The maximum Gasteiger partial charge on any atom is 0.310 e. The summed E-state index contributed by atoms with van der Waals surface area (Å²) in [6.45, 7) is -0.391. The van der Waals surface area contributed by atoms with Crippen LogP contribution in [0.3, 0.4) is 0 Å². The third kappa shape index (κ3) is 5.44. The van der Waals surface area contributed by atoms with Gasteiger partial charge in [0.25, 0.3) is 5.91 Å². The molecule has 134 valence electrons. The number of ether oxygens (including phenoxy) is 1. The Morgan fingerprint density at radius 2 is 2.16 bits per heavy atom. The van der Waals surface area contributed by atoms with Crippen molar-refractivity contribution in [2.75, 3.05) is 29.6 Å². The van der Waals surface area contributed by atoms with Gasteiger partial charge in [-0.05, 0) is 24.6 Å². The molecule has 1 amide bonds. The molecule has 9 heteroatoms. The summed E-state index contributed by atoms with van der Waals surface area (Å²) < 4.78 is 27.8. The van der Waals surface area contributed by atoms with Gasteiger partial charge in [-0.25, -0.2) is 8.42 Å². The lowest BCUT2D eigenvalue weighted by Crippen LogP contribution is -2.36. The zero-order chi connectivity index (χ0) is 18.4. The van der Waals surface area contributed by atoms with Gasteiger partial charge in [-0.2, -0.15) is 5.26 Å². The van der Waals surface area contributed by atoms with Gasteiger partial charge in [-0.1, -0.05) is 17.7 Å². The minimum absolute atomic E-state index is 0.0441. The van der Waals surface area contributed by atoms with E-state index in [0.29, 0.717) is 10.7 Å². The van der Waals surface area contributed by atoms with E-state index < -0.39 is 34.2 Å². The minimum atomic E-state index is -3.20. The van der Waals surface area contributed by atoms with Crippen molar-refractivity contribution in [3.63, 3.8) is 0 Å². The molecule has 7 nitrogen and oxygen atoms in total. The first-order valence-corrected chi connectivity index (χ1v) is 9.82. The number of carbonyl (C=O) groups is 2. The van der Waals surface area contributed by atoms with E-state index in [-0.39, 0.29) is 30.9 Å². The van der Waals surface area contributed by atoms with E-state index in [4.69, 9.17) is 21.6 Å². The molecular weight excluding hydrogens is 368 g/mol. The molecule has 0 aliphatic carbocycles. The van der Waals surface area contributed by atoms with Crippen molar-refractivity contribution in [3.05, 3.63) is 29.3 Å². The highest BCUT2D eigenvalue weighted by Gasteiger charge is 2.34. The summed E-state index contributed by atoms with van der Waals surface area (Å²) in [5, 5.41) is 9.18. The number of esters is 1. The number of carbonyl (C=O) groups excluding carboxylic acids is 2. The summed E-state index contributed by atoms with van der Waals surface area (Å²) in [6.07, 6.45) is 0.314. The van der Waals surface area contributed by atoms with Gasteiger partial charge in [0, 0.05) is 17.3 Å². The molecule has 1 heterocycles. The fourth-order valence-electron chi connectivity index (χ4n) is 2.51. The SMILES string of the molecule is N#CCCN(C(=O)COC(=O)C1CCS(=O)(=O)C1)c1cccc(Cl)c1. The maximum atomic E-state index is 12.4. The average Bonchev–Trinajstić information content (AvgIpc) is 2.93. The highest BCUT2D eigenvalue weighted by Crippen LogP contribution is 2.21. The Bertz CT molecular complexity index is 803. The first-order chi connectivity index (χ1) is 11.8. The van der Waals surface area contributed by atoms with Gasteiger partial charge in [0.2, 0.25) is 0 Å². The highest BCUT2D eigenvalue weighted by atomic mass is 35.5. The lowest BCUT2D eigenvalue weighted by atomic mass is 10.1. The van der Waals surface area contributed by atoms with Crippen molar-refractivity contribution in [3.8, 4) is 6.07 Å². The molecule has 1 fully saturated rings. The van der Waals surface area contributed by atoms with Crippen molar-refractivity contribution in [2.45, 2.75) is 12.8 Å².